The summed E-state index contributed by atoms with van der Waals surface area (Å²) in [6, 6.07) is 2.04. The Morgan fingerprint density at radius 2 is 2.58 bits per heavy atom. The van der Waals surface area contributed by atoms with Gasteiger partial charge >= 0.3 is 0 Å². The fourth-order valence-electron chi connectivity index (χ4n) is 1.92. The predicted molar refractivity (Wildman–Crippen MR) is 48.5 cm³/mol. The first kappa shape index (κ1) is 7.24. The summed E-state index contributed by atoms with van der Waals surface area (Å²) >= 11 is 1.58. The average molecular weight is 201 g/mol. The van der Waals surface area contributed by atoms with Crippen molar-refractivity contribution >= 4 is 21.6 Å². The minimum atomic E-state index is -2.09. The molecule has 1 aromatic heterocycles. The number of hydrogen-bond donors (Lipinski definition) is 0. The average Bonchev–Trinajstić information content (AvgIpc) is 2.60. The van der Waals surface area contributed by atoms with Gasteiger partial charge in [0.25, 0.3) is 14.4 Å². The summed E-state index contributed by atoms with van der Waals surface area (Å²) in [7, 11) is -2.09. The van der Waals surface area contributed by atoms with Gasteiger partial charge in [-0.25, -0.2) is 0 Å². The van der Waals surface area contributed by atoms with Gasteiger partial charge < -0.3 is 0 Å². The first-order chi connectivity index (χ1) is 5.72. The normalized spacial score (nSPS) is 43.4. The minimum absolute atomic E-state index is 0.133. The van der Waals surface area contributed by atoms with Gasteiger partial charge in [0.05, 0.1) is 5.56 Å². The molecule has 0 N–H and O–H groups in total. The van der Waals surface area contributed by atoms with Crippen molar-refractivity contribution in [1.29, 1.82) is 0 Å². The molecule has 2 aliphatic rings. The molecular formula is C8H9O2S2+. The van der Waals surface area contributed by atoms with Gasteiger partial charge in [-0.05, 0) is 18.4 Å². The van der Waals surface area contributed by atoms with Gasteiger partial charge in [0.2, 0.25) is 0 Å². The van der Waals surface area contributed by atoms with Crippen molar-refractivity contribution in [1.82, 2.24) is 0 Å². The van der Waals surface area contributed by atoms with Crippen LogP contribution >= 0.6 is 11.3 Å². The largest absolute Gasteiger partial charge is 0.264 e. The van der Waals surface area contributed by atoms with Crippen molar-refractivity contribution in [2.24, 2.45) is 0 Å². The van der Waals surface area contributed by atoms with Gasteiger partial charge in [0, 0.05) is 6.42 Å². The van der Waals surface area contributed by atoms with Crippen LogP contribution in [0, 0.1) is 0 Å². The van der Waals surface area contributed by atoms with Crippen LogP contribution in [0.25, 0.3) is 0 Å². The third-order valence-electron chi connectivity index (χ3n) is 2.60. The molecule has 2 aliphatic heterocycles. The van der Waals surface area contributed by atoms with Crippen LogP contribution < -0.4 is 0 Å². The van der Waals surface area contributed by atoms with E-state index in [1.807, 2.05) is 18.4 Å². The molecule has 1 saturated heterocycles. The molecule has 3 rings (SSSR count). The van der Waals surface area contributed by atoms with E-state index in [4.69, 9.17) is 4.18 Å². The van der Waals surface area contributed by atoms with Crippen LogP contribution in [0.5, 0.6) is 0 Å². The molecule has 2 nitrogen and oxygen atoms in total. The Kier molecular flexibility index (Phi) is 1.21. The number of thiophene rings is 1. The van der Waals surface area contributed by atoms with Crippen molar-refractivity contribution in [2.45, 2.75) is 28.9 Å². The molecule has 1 fully saturated rings. The van der Waals surface area contributed by atoms with Gasteiger partial charge in [-0.2, -0.15) is 4.18 Å². The highest BCUT2D eigenvalue weighted by molar-refractivity contribution is 8.01. The second-order valence-corrected chi connectivity index (χ2v) is 7.01. The van der Waals surface area contributed by atoms with Gasteiger partial charge in [0.1, 0.15) is 6.10 Å². The second kappa shape index (κ2) is 2.00. The monoisotopic (exact) mass is 201 g/mol. The standard InChI is InChI=1S/C8H9O2S2/c1-5-4-7-6-2-3-11-8(6)12(5,9)10-7/h2-3,5,7H,4H2,1H3/q+1/t5-,7+,12?/m0/s1. The van der Waals surface area contributed by atoms with E-state index >= 15 is 0 Å². The Labute approximate surface area is 76.2 Å². The van der Waals surface area contributed by atoms with Crippen LogP contribution in [-0.4, -0.2) is 5.25 Å². The Morgan fingerprint density at radius 3 is 3.42 bits per heavy atom. The van der Waals surface area contributed by atoms with Crippen molar-refractivity contribution in [3.63, 3.8) is 0 Å². The van der Waals surface area contributed by atoms with Gasteiger partial charge in [-0.15, -0.1) is 0 Å². The van der Waals surface area contributed by atoms with Crippen molar-refractivity contribution in [3.05, 3.63) is 17.0 Å². The first-order valence-corrected chi connectivity index (χ1v) is 6.43. The fourth-order valence-corrected chi connectivity index (χ4v) is 6.03. The molecule has 1 aromatic rings. The maximum Gasteiger partial charge on any atom is 0.264 e. The lowest BCUT2D eigenvalue weighted by molar-refractivity contribution is 0.259. The molecule has 1 unspecified atom stereocenters. The molecule has 4 heteroatoms. The zero-order valence-electron chi connectivity index (χ0n) is 6.65. The van der Waals surface area contributed by atoms with E-state index in [1.165, 1.54) is 5.56 Å². The summed E-state index contributed by atoms with van der Waals surface area (Å²) in [6.07, 6.45) is 1.07. The van der Waals surface area contributed by atoms with E-state index in [0.717, 1.165) is 10.6 Å². The van der Waals surface area contributed by atoms with E-state index in [2.05, 4.69) is 0 Å². The van der Waals surface area contributed by atoms with Crippen LogP contribution in [0.1, 0.15) is 25.0 Å². The Bertz CT molecular complexity index is 382. The molecule has 0 saturated carbocycles. The number of rotatable bonds is 0. The molecule has 3 heterocycles. The van der Waals surface area contributed by atoms with Gasteiger partial charge in [-0.3, -0.25) is 0 Å². The highest BCUT2D eigenvalue weighted by atomic mass is 32.3. The lowest BCUT2D eigenvalue weighted by atomic mass is 10.1. The third kappa shape index (κ3) is 0.628. The number of fused-ring (bicyclic) bond motifs is 5. The third-order valence-corrected chi connectivity index (χ3v) is 6.83. The van der Waals surface area contributed by atoms with Gasteiger partial charge in [-0.1, -0.05) is 15.5 Å². The summed E-state index contributed by atoms with van der Waals surface area (Å²) in [5.41, 5.74) is 1.18. The van der Waals surface area contributed by atoms with E-state index in [1.54, 1.807) is 11.3 Å². The number of hydrogen-bond acceptors (Lipinski definition) is 3. The minimum Gasteiger partial charge on any atom is -0.159 e. The SMILES string of the molecule is C[C@H]1C[C@H]2O[S+]1(=O)c1sccc12. The molecule has 12 heavy (non-hydrogen) atoms. The Balaban J connectivity index is 2.31. The van der Waals surface area contributed by atoms with Crippen molar-refractivity contribution < 1.29 is 8.39 Å². The maximum absolute atomic E-state index is 12.2. The lowest BCUT2D eigenvalue weighted by Crippen LogP contribution is -2.18. The highest BCUT2D eigenvalue weighted by Gasteiger charge is 2.60. The van der Waals surface area contributed by atoms with E-state index in [9.17, 15) is 4.21 Å². The smallest absolute Gasteiger partial charge is 0.159 e. The molecule has 0 aromatic carbocycles. The van der Waals surface area contributed by atoms with Crippen LogP contribution in [0.15, 0.2) is 15.7 Å². The van der Waals surface area contributed by atoms with Crippen LogP contribution in [0.3, 0.4) is 0 Å². The Hall–Kier alpha value is -0.190. The maximum atomic E-state index is 12.2. The van der Waals surface area contributed by atoms with E-state index < -0.39 is 10.2 Å². The quantitative estimate of drug-likeness (QED) is 0.602. The van der Waals surface area contributed by atoms with Crippen LogP contribution in [0.4, 0.5) is 0 Å². The van der Waals surface area contributed by atoms with Crippen LogP contribution in [0.2, 0.25) is 0 Å². The summed E-state index contributed by atoms with van der Waals surface area (Å²) in [5, 5.41) is 2.23. The summed E-state index contributed by atoms with van der Waals surface area (Å²) in [5.74, 6) is 0. The van der Waals surface area contributed by atoms with Gasteiger partial charge in [0.15, 0.2) is 5.25 Å². The molecule has 64 valence electrons. The van der Waals surface area contributed by atoms with Crippen LogP contribution in [-0.2, 0) is 18.6 Å². The fraction of sp³-hybridized carbons (Fsp3) is 0.500. The molecule has 0 aliphatic carbocycles. The Morgan fingerprint density at radius 1 is 1.75 bits per heavy atom. The van der Waals surface area contributed by atoms with Crippen molar-refractivity contribution in [3.8, 4) is 0 Å². The molecule has 3 atom stereocenters. The predicted octanol–water partition coefficient (Wildman–Crippen LogP) is 2.39. The van der Waals surface area contributed by atoms with E-state index in [0.29, 0.717) is 0 Å². The zero-order chi connectivity index (χ0) is 8.34. The van der Waals surface area contributed by atoms with E-state index in [-0.39, 0.29) is 11.4 Å². The summed E-state index contributed by atoms with van der Waals surface area (Å²) in [6.45, 7) is 2.02. The first-order valence-electron chi connectivity index (χ1n) is 4.00. The molecule has 0 radical (unpaired) electrons. The molecule has 2 bridgehead atoms. The lowest BCUT2D eigenvalue weighted by Gasteiger charge is -2.04. The topological polar surface area (TPSA) is 26.3 Å². The zero-order valence-corrected chi connectivity index (χ0v) is 8.28. The molecule has 0 spiro atoms. The summed E-state index contributed by atoms with van der Waals surface area (Å²) < 4.78 is 18.7. The molecular weight excluding hydrogens is 192 g/mol. The molecule has 0 amide bonds. The van der Waals surface area contributed by atoms with Crippen molar-refractivity contribution in [2.75, 3.05) is 0 Å². The highest BCUT2D eigenvalue weighted by Crippen LogP contribution is 2.55. The summed E-state index contributed by atoms with van der Waals surface area (Å²) in [4.78, 5) is 0. The second-order valence-electron chi connectivity index (χ2n) is 3.34.